The van der Waals surface area contributed by atoms with Crippen LogP contribution in [0.15, 0.2) is 0 Å². The van der Waals surface area contributed by atoms with Gasteiger partial charge in [0.25, 0.3) is 5.91 Å². The van der Waals surface area contributed by atoms with Crippen molar-refractivity contribution in [2.75, 3.05) is 13.6 Å². The second-order valence-corrected chi connectivity index (χ2v) is 2.86. The van der Waals surface area contributed by atoms with E-state index in [2.05, 4.69) is 0 Å². The largest absolute Gasteiger partial charge is 0.367 e. The fourth-order valence-electron chi connectivity index (χ4n) is 1.46. The van der Waals surface area contributed by atoms with Crippen molar-refractivity contribution in [2.24, 2.45) is 5.73 Å². The highest BCUT2D eigenvalue weighted by Crippen LogP contribution is 2.26. The summed E-state index contributed by atoms with van der Waals surface area (Å²) in [7, 11) is 1.75. The Morgan fingerprint density at radius 3 is 2.64 bits per heavy atom. The molecule has 0 aromatic heterocycles. The van der Waals surface area contributed by atoms with Gasteiger partial charge < -0.3 is 5.73 Å². The first-order chi connectivity index (χ1) is 5.13. The molecule has 4 nitrogen and oxygen atoms in total. The normalized spacial score (nSPS) is 31.6. The van der Waals surface area contributed by atoms with E-state index in [0.29, 0.717) is 6.42 Å². The lowest BCUT2D eigenvalue weighted by molar-refractivity contribution is -0.124. The van der Waals surface area contributed by atoms with Gasteiger partial charge in [0.15, 0.2) is 5.54 Å². The number of nitriles is 1. The van der Waals surface area contributed by atoms with Gasteiger partial charge in [0, 0.05) is 0 Å². The number of nitrogens with two attached hydrogens (primary N) is 1. The maximum absolute atomic E-state index is 10.9. The van der Waals surface area contributed by atoms with Gasteiger partial charge in [0.1, 0.15) is 0 Å². The molecule has 1 unspecified atom stereocenters. The molecule has 1 rings (SSSR count). The lowest BCUT2D eigenvalue weighted by Crippen LogP contribution is -2.51. The Morgan fingerprint density at radius 1 is 1.82 bits per heavy atom. The number of likely N-dealkylation sites (tertiary alicyclic amines) is 1. The summed E-state index contributed by atoms with van der Waals surface area (Å²) in [6.45, 7) is 0.774. The average Bonchev–Trinajstić information content (AvgIpc) is 2.32. The Morgan fingerprint density at radius 2 is 2.45 bits per heavy atom. The molecule has 11 heavy (non-hydrogen) atoms. The van der Waals surface area contributed by atoms with Crippen molar-refractivity contribution in [3.8, 4) is 6.07 Å². The standard InChI is InChI=1S/C7H11N3O/c1-10-4-2-3-7(10,5-8)6(9)11/h2-4H2,1H3,(H2,9,11). The van der Waals surface area contributed by atoms with Gasteiger partial charge in [-0.05, 0) is 26.4 Å². The highest BCUT2D eigenvalue weighted by Gasteiger charge is 2.44. The van der Waals surface area contributed by atoms with E-state index in [0.717, 1.165) is 13.0 Å². The van der Waals surface area contributed by atoms with Gasteiger partial charge in [-0.1, -0.05) is 0 Å². The van der Waals surface area contributed by atoms with Crippen LogP contribution in [0, 0.1) is 11.3 Å². The summed E-state index contributed by atoms with van der Waals surface area (Å²) < 4.78 is 0. The van der Waals surface area contributed by atoms with E-state index in [9.17, 15) is 4.79 Å². The van der Waals surface area contributed by atoms with Crippen LogP contribution >= 0.6 is 0 Å². The summed E-state index contributed by atoms with van der Waals surface area (Å²) in [5.74, 6) is -0.528. The number of likely N-dealkylation sites (N-methyl/N-ethyl adjacent to an activating group) is 1. The SMILES string of the molecule is CN1CCCC1(C#N)C(N)=O. The molecule has 0 aromatic rings. The van der Waals surface area contributed by atoms with Crippen LogP contribution in [0.1, 0.15) is 12.8 Å². The number of hydrogen-bond donors (Lipinski definition) is 1. The molecule has 0 spiro atoms. The first kappa shape index (κ1) is 8.02. The third kappa shape index (κ3) is 0.976. The average molecular weight is 153 g/mol. The second-order valence-electron chi connectivity index (χ2n) is 2.86. The van der Waals surface area contributed by atoms with E-state index in [-0.39, 0.29) is 0 Å². The summed E-state index contributed by atoms with van der Waals surface area (Å²) >= 11 is 0. The van der Waals surface area contributed by atoms with Crippen molar-refractivity contribution in [3.05, 3.63) is 0 Å². The van der Waals surface area contributed by atoms with Crippen molar-refractivity contribution >= 4 is 5.91 Å². The van der Waals surface area contributed by atoms with Crippen molar-refractivity contribution in [1.29, 1.82) is 5.26 Å². The molecule has 1 aliphatic heterocycles. The second kappa shape index (κ2) is 2.51. The Labute approximate surface area is 65.6 Å². The molecule has 2 N–H and O–H groups in total. The quantitative estimate of drug-likeness (QED) is 0.550. The maximum atomic E-state index is 10.9. The predicted octanol–water partition coefficient (Wildman–Crippen LogP) is -0.540. The molecule has 1 atom stereocenters. The Bertz CT molecular complexity index is 220. The first-order valence-corrected chi connectivity index (χ1v) is 3.56. The van der Waals surface area contributed by atoms with Crippen LogP contribution in [0.25, 0.3) is 0 Å². The Kier molecular flexibility index (Phi) is 1.83. The van der Waals surface area contributed by atoms with Gasteiger partial charge >= 0.3 is 0 Å². The van der Waals surface area contributed by atoms with Gasteiger partial charge in [-0.2, -0.15) is 5.26 Å². The number of carbonyl (C=O) groups excluding carboxylic acids is 1. The maximum Gasteiger partial charge on any atom is 0.252 e. The molecule has 0 bridgehead atoms. The van der Waals surface area contributed by atoms with Crippen molar-refractivity contribution in [2.45, 2.75) is 18.4 Å². The topological polar surface area (TPSA) is 70.1 Å². The molecular formula is C7H11N3O. The molecule has 4 heteroatoms. The van der Waals surface area contributed by atoms with Crippen LogP contribution in [0.4, 0.5) is 0 Å². The number of carbonyl (C=O) groups is 1. The van der Waals surface area contributed by atoms with Crippen LogP contribution in [0.5, 0.6) is 0 Å². The van der Waals surface area contributed by atoms with Crippen molar-refractivity contribution < 1.29 is 4.79 Å². The van der Waals surface area contributed by atoms with Gasteiger partial charge in [0.2, 0.25) is 0 Å². The number of amides is 1. The zero-order valence-electron chi connectivity index (χ0n) is 6.50. The smallest absolute Gasteiger partial charge is 0.252 e. The minimum Gasteiger partial charge on any atom is -0.367 e. The molecule has 60 valence electrons. The molecular weight excluding hydrogens is 142 g/mol. The highest BCUT2D eigenvalue weighted by molar-refractivity contribution is 5.88. The summed E-state index contributed by atoms with van der Waals surface area (Å²) in [5, 5.41) is 8.76. The highest BCUT2D eigenvalue weighted by atomic mass is 16.1. The van der Waals surface area contributed by atoms with Gasteiger partial charge in [-0.15, -0.1) is 0 Å². The van der Waals surface area contributed by atoms with E-state index in [1.165, 1.54) is 0 Å². The van der Waals surface area contributed by atoms with Crippen LogP contribution in [-0.4, -0.2) is 29.9 Å². The summed E-state index contributed by atoms with van der Waals surface area (Å²) in [5.41, 5.74) is 4.10. The minimum atomic E-state index is -1.03. The molecule has 0 aliphatic carbocycles. The lowest BCUT2D eigenvalue weighted by Gasteiger charge is -2.24. The molecule has 1 saturated heterocycles. The monoisotopic (exact) mass is 153 g/mol. The number of rotatable bonds is 1. The van der Waals surface area contributed by atoms with E-state index >= 15 is 0 Å². The molecule has 1 aliphatic rings. The Balaban J connectivity index is 2.93. The zero-order valence-corrected chi connectivity index (χ0v) is 6.50. The third-order valence-electron chi connectivity index (χ3n) is 2.28. The van der Waals surface area contributed by atoms with Crippen LogP contribution in [0.2, 0.25) is 0 Å². The summed E-state index contributed by atoms with van der Waals surface area (Å²) in [6, 6.07) is 1.98. The van der Waals surface area contributed by atoms with Gasteiger partial charge in [-0.25, -0.2) is 0 Å². The third-order valence-corrected chi connectivity index (χ3v) is 2.28. The number of hydrogen-bond acceptors (Lipinski definition) is 3. The lowest BCUT2D eigenvalue weighted by atomic mass is 9.98. The van der Waals surface area contributed by atoms with E-state index in [4.69, 9.17) is 11.0 Å². The number of primary amides is 1. The van der Waals surface area contributed by atoms with E-state index in [1.54, 1.807) is 11.9 Å². The molecule has 1 fully saturated rings. The molecule has 1 amide bonds. The van der Waals surface area contributed by atoms with E-state index in [1.807, 2.05) is 6.07 Å². The fraction of sp³-hybridized carbons (Fsp3) is 0.714. The van der Waals surface area contributed by atoms with Crippen LogP contribution in [-0.2, 0) is 4.79 Å². The minimum absolute atomic E-state index is 0.528. The van der Waals surface area contributed by atoms with E-state index < -0.39 is 11.4 Å². The number of nitrogens with zero attached hydrogens (tertiary/aromatic N) is 2. The van der Waals surface area contributed by atoms with Crippen LogP contribution in [0.3, 0.4) is 0 Å². The predicted molar refractivity (Wildman–Crippen MR) is 39.4 cm³/mol. The van der Waals surface area contributed by atoms with Gasteiger partial charge in [0.05, 0.1) is 6.07 Å². The van der Waals surface area contributed by atoms with Crippen LogP contribution < -0.4 is 5.73 Å². The molecule has 0 radical (unpaired) electrons. The summed E-state index contributed by atoms with van der Waals surface area (Å²) in [6.07, 6.45) is 1.43. The van der Waals surface area contributed by atoms with Gasteiger partial charge in [-0.3, -0.25) is 9.69 Å². The Hall–Kier alpha value is -1.08. The summed E-state index contributed by atoms with van der Waals surface area (Å²) in [4.78, 5) is 12.6. The fourth-order valence-corrected chi connectivity index (χ4v) is 1.46. The molecule has 0 saturated carbocycles. The van der Waals surface area contributed by atoms with Crippen molar-refractivity contribution in [1.82, 2.24) is 4.90 Å². The van der Waals surface area contributed by atoms with Crippen molar-refractivity contribution in [3.63, 3.8) is 0 Å². The molecule has 0 aromatic carbocycles. The first-order valence-electron chi connectivity index (χ1n) is 3.56. The molecule has 1 heterocycles. The zero-order chi connectivity index (χ0) is 8.48.